The second-order valence-electron chi connectivity index (χ2n) is 2.78. The smallest absolute Gasteiger partial charge is 0.111 e. The van der Waals surface area contributed by atoms with E-state index in [0.29, 0.717) is 0 Å². The number of rotatable bonds is 0. The van der Waals surface area contributed by atoms with Crippen molar-refractivity contribution in [2.45, 2.75) is 37.4 Å². The summed E-state index contributed by atoms with van der Waals surface area (Å²) in [5, 5.41) is 27.3. The molecule has 3 N–H and O–H groups in total. The lowest BCUT2D eigenvalue weighted by Gasteiger charge is -2.37. The third-order valence-electron chi connectivity index (χ3n) is 1.89. The van der Waals surface area contributed by atoms with Gasteiger partial charge in [-0.25, -0.2) is 0 Å². The predicted octanol–water partition coefficient (Wildman–Crippen LogP) is -1.43. The summed E-state index contributed by atoms with van der Waals surface area (Å²) in [5.41, 5.74) is 0. The molecule has 1 aliphatic heterocycles. The number of hydrogen-bond acceptors (Lipinski definition) is 4. The second kappa shape index (κ2) is 3.06. The lowest BCUT2D eigenvalue weighted by molar-refractivity contribution is -0.204. The highest BCUT2D eigenvalue weighted by atomic mass is 16.5. The summed E-state index contributed by atoms with van der Waals surface area (Å²) >= 11 is 0. The molecule has 1 saturated heterocycles. The van der Waals surface area contributed by atoms with E-state index in [4.69, 9.17) is 27.0 Å². The minimum absolute atomic E-state index is 0.539. The van der Waals surface area contributed by atoms with Gasteiger partial charge in [0.2, 0.25) is 0 Å². The van der Waals surface area contributed by atoms with E-state index in [1.54, 1.807) is 6.92 Å². The van der Waals surface area contributed by atoms with Crippen LogP contribution in [-0.2, 0) is 4.74 Å². The normalized spacial score (nSPS) is 52.6. The van der Waals surface area contributed by atoms with Gasteiger partial charge in [0, 0.05) is 0 Å². The van der Waals surface area contributed by atoms with Crippen molar-refractivity contribution >= 4 is 0 Å². The number of aliphatic hydroxyl groups excluding tert-OH is 3. The molecule has 0 spiro atoms. The average molecular weight is 160 g/mol. The zero-order valence-electron chi connectivity index (χ0n) is 6.21. The van der Waals surface area contributed by atoms with E-state index in [0.717, 1.165) is 0 Å². The SMILES string of the molecule is [CH]C1O[C@@H](C)C(O)[C@@H](O)[C@H]1O. The van der Waals surface area contributed by atoms with Gasteiger partial charge in [-0.15, -0.1) is 0 Å². The molecule has 0 aliphatic carbocycles. The van der Waals surface area contributed by atoms with Crippen LogP contribution in [0.25, 0.3) is 0 Å². The van der Waals surface area contributed by atoms with Gasteiger partial charge in [-0.05, 0) is 13.8 Å². The summed E-state index contributed by atoms with van der Waals surface area (Å²) in [6.07, 6.45) is -4.94. The van der Waals surface area contributed by atoms with Crippen LogP contribution < -0.4 is 0 Å². The van der Waals surface area contributed by atoms with E-state index in [-0.39, 0.29) is 0 Å². The van der Waals surface area contributed by atoms with Gasteiger partial charge in [0.25, 0.3) is 0 Å². The standard InChI is InChI=1S/C7H12O4/c1-3-5(8)7(10)6(9)4(2)11-3/h1,3-10H,2H3/t3?,4-,5-,6?,7-/m0/s1. The maximum atomic E-state index is 9.14. The molecule has 0 amide bonds. The molecule has 0 saturated carbocycles. The first-order valence-corrected chi connectivity index (χ1v) is 3.49. The molecular weight excluding hydrogens is 148 g/mol. The molecule has 0 aromatic heterocycles. The van der Waals surface area contributed by atoms with Gasteiger partial charge in [-0.1, -0.05) is 0 Å². The maximum Gasteiger partial charge on any atom is 0.111 e. The molecule has 1 aliphatic rings. The van der Waals surface area contributed by atoms with Crippen molar-refractivity contribution in [3.05, 3.63) is 6.92 Å². The van der Waals surface area contributed by atoms with Crippen LogP contribution in [0.15, 0.2) is 0 Å². The molecule has 1 fully saturated rings. The van der Waals surface area contributed by atoms with Crippen molar-refractivity contribution in [3.63, 3.8) is 0 Å². The zero-order chi connectivity index (χ0) is 8.59. The van der Waals surface area contributed by atoms with E-state index < -0.39 is 30.5 Å². The molecule has 0 bridgehead atoms. The molecule has 64 valence electrons. The van der Waals surface area contributed by atoms with Gasteiger partial charge in [-0.2, -0.15) is 0 Å². The number of aliphatic hydroxyl groups is 3. The highest BCUT2D eigenvalue weighted by Gasteiger charge is 2.39. The van der Waals surface area contributed by atoms with Crippen molar-refractivity contribution in [2.24, 2.45) is 0 Å². The lowest BCUT2D eigenvalue weighted by Crippen LogP contribution is -2.55. The Morgan fingerprint density at radius 2 is 1.64 bits per heavy atom. The highest BCUT2D eigenvalue weighted by molar-refractivity contribution is 4.91. The van der Waals surface area contributed by atoms with Gasteiger partial charge in [0.1, 0.15) is 18.3 Å². The summed E-state index contributed by atoms with van der Waals surface area (Å²) in [6.45, 7) is 6.86. The topological polar surface area (TPSA) is 69.9 Å². The van der Waals surface area contributed by atoms with Crippen LogP contribution >= 0.6 is 0 Å². The maximum absolute atomic E-state index is 9.14. The summed E-state index contributed by atoms with van der Waals surface area (Å²) in [4.78, 5) is 0. The monoisotopic (exact) mass is 160 g/mol. The van der Waals surface area contributed by atoms with Crippen LogP contribution in [0, 0.1) is 6.92 Å². The molecule has 11 heavy (non-hydrogen) atoms. The van der Waals surface area contributed by atoms with Crippen LogP contribution in [0.4, 0.5) is 0 Å². The summed E-state index contributed by atoms with van der Waals surface area (Å²) in [7, 11) is 0. The predicted molar refractivity (Wildman–Crippen MR) is 36.7 cm³/mol. The van der Waals surface area contributed by atoms with Gasteiger partial charge in [0.05, 0.1) is 12.2 Å². The van der Waals surface area contributed by atoms with E-state index >= 15 is 0 Å². The summed E-state index contributed by atoms with van der Waals surface area (Å²) in [5.74, 6) is 0. The molecule has 5 atom stereocenters. The van der Waals surface area contributed by atoms with Crippen molar-refractivity contribution in [3.8, 4) is 0 Å². The Morgan fingerprint density at radius 3 is 2.18 bits per heavy atom. The highest BCUT2D eigenvalue weighted by Crippen LogP contribution is 2.19. The van der Waals surface area contributed by atoms with E-state index in [1.807, 2.05) is 0 Å². The molecule has 0 aromatic carbocycles. The molecular formula is C7H12O4. The van der Waals surface area contributed by atoms with Crippen molar-refractivity contribution in [1.29, 1.82) is 0 Å². The fourth-order valence-electron chi connectivity index (χ4n) is 1.08. The average Bonchev–Trinajstić information content (AvgIpc) is 1.97. The fraction of sp³-hybridized carbons (Fsp3) is 0.857. The molecule has 4 nitrogen and oxygen atoms in total. The lowest BCUT2D eigenvalue weighted by atomic mass is 9.97. The van der Waals surface area contributed by atoms with Crippen LogP contribution in [0.1, 0.15) is 6.92 Å². The summed E-state index contributed by atoms with van der Waals surface area (Å²) < 4.78 is 4.90. The van der Waals surface area contributed by atoms with E-state index in [2.05, 4.69) is 0 Å². The van der Waals surface area contributed by atoms with Gasteiger partial charge in [-0.3, -0.25) is 0 Å². The summed E-state index contributed by atoms with van der Waals surface area (Å²) in [6, 6.07) is 0. The first-order valence-electron chi connectivity index (χ1n) is 3.49. The van der Waals surface area contributed by atoms with Crippen molar-refractivity contribution < 1.29 is 20.1 Å². The van der Waals surface area contributed by atoms with Crippen LogP contribution in [0.3, 0.4) is 0 Å². The largest absolute Gasteiger partial charge is 0.388 e. The van der Waals surface area contributed by atoms with Crippen LogP contribution in [0.2, 0.25) is 0 Å². The zero-order valence-corrected chi connectivity index (χ0v) is 6.21. The Labute approximate surface area is 65.4 Å². The third-order valence-corrected chi connectivity index (χ3v) is 1.89. The fourth-order valence-corrected chi connectivity index (χ4v) is 1.08. The first kappa shape index (κ1) is 8.93. The third kappa shape index (κ3) is 1.54. The van der Waals surface area contributed by atoms with Crippen molar-refractivity contribution in [1.82, 2.24) is 0 Å². The Balaban J connectivity index is 2.63. The molecule has 4 heteroatoms. The first-order chi connectivity index (χ1) is 5.04. The van der Waals surface area contributed by atoms with Gasteiger partial charge < -0.3 is 20.1 Å². The molecule has 0 aromatic rings. The Bertz CT molecular complexity index is 124. The molecule has 2 unspecified atom stereocenters. The van der Waals surface area contributed by atoms with E-state index in [9.17, 15) is 0 Å². The molecule has 2 radical (unpaired) electrons. The van der Waals surface area contributed by atoms with Crippen molar-refractivity contribution in [2.75, 3.05) is 0 Å². The van der Waals surface area contributed by atoms with Gasteiger partial charge in [0.15, 0.2) is 0 Å². The Morgan fingerprint density at radius 1 is 1.09 bits per heavy atom. The number of ether oxygens (including phenoxy) is 1. The number of hydrogen-bond donors (Lipinski definition) is 3. The molecule has 1 rings (SSSR count). The van der Waals surface area contributed by atoms with Gasteiger partial charge >= 0.3 is 0 Å². The van der Waals surface area contributed by atoms with Crippen LogP contribution in [-0.4, -0.2) is 45.8 Å². The minimum atomic E-state index is -1.21. The minimum Gasteiger partial charge on any atom is -0.388 e. The van der Waals surface area contributed by atoms with Crippen LogP contribution in [0.5, 0.6) is 0 Å². The molecule has 1 heterocycles. The second-order valence-corrected chi connectivity index (χ2v) is 2.78. The van der Waals surface area contributed by atoms with E-state index in [1.165, 1.54) is 0 Å². The Hall–Kier alpha value is -0.160. The Kier molecular flexibility index (Phi) is 2.49. The quantitative estimate of drug-likeness (QED) is 0.406.